The Morgan fingerprint density at radius 1 is 1.06 bits per heavy atom. The number of nitrogens with one attached hydrogen (secondary N) is 2. The molecule has 1 fully saturated rings. The number of aromatic nitrogens is 8. The van der Waals surface area contributed by atoms with Crippen molar-refractivity contribution in [2.75, 3.05) is 18.0 Å². The van der Waals surface area contributed by atoms with E-state index in [1.807, 2.05) is 12.1 Å². The van der Waals surface area contributed by atoms with Crippen LogP contribution in [-0.4, -0.2) is 59.2 Å². The summed E-state index contributed by atoms with van der Waals surface area (Å²) in [7, 11) is 0. The van der Waals surface area contributed by atoms with Crippen molar-refractivity contribution in [3.8, 4) is 34.0 Å². The van der Waals surface area contributed by atoms with Crippen molar-refractivity contribution < 1.29 is 0 Å². The highest BCUT2D eigenvalue weighted by molar-refractivity contribution is 7.08. The number of thiophene rings is 1. The zero-order valence-corrected chi connectivity index (χ0v) is 18.6. The van der Waals surface area contributed by atoms with E-state index in [9.17, 15) is 0 Å². The molecule has 10 nitrogen and oxygen atoms in total. The molecule has 6 aromatic rings. The third-order valence-electron chi connectivity index (χ3n) is 6.01. The standard InChI is InChI=1S/C23H18N10S/c24-13-9-33(10-13)19-8-25-6-18(28-19)16-5-15-17(7-27-16)31-32-21(15)23-29-20-14(12-2-4-34-11-12)1-3-26-22(20)30-23/h1-8,11,13H,9-10,24H2,(H,31,32)(H,26,29,30). The summed E-state index contributed by atoms with van der Waals surface area (Å²) >= 11 is 1.65. The molecule has 0 aromatic carbocycles. The van der Waals surface area contributed by atoms with Gasteiger partial charge in [0.2, 0.25) is 0 Å². The fourth-order valence-corrected chi connectivity index (χ4v) is 4.90. The molecule has 0 spiro atoms. The van der Waals surface area contributed by atoms with Gasteiger partial charge in [-0.05, 0) is 34.5 Å². The van der Waals surface area contributed by atoms with Gasteiger partial charge in [0.05, 0.1) is 29.8 Å². The highest BCUT2D eigenvalue weighted by Gasteiger charge is 2.25. The van der Waals surface area contributed by atoms with E-state index < -0.39 is 0 Å². The second kappa shape index (κ2) is 7.40. The molecule has 0 amide bonds. The van der Waals surface area contributed by atoms with Crippen LogP contribution in [0.1, 0.15) is 0 Å². The predicted octanol–water partition coefficient (Wildman–Crippen LogP) is 3.23. The normalized spacial score (nSPS) is 14.2. The van der Waals surface area contributed by atoms with Crippen molar-refractivity contribution >= 4 is 39.2 Å². The molecule has 0 saturated carbocycles. The van der Waals surface area contributed by atoms with Crippen LogP contribution in [0.2, 0.25) is 0 Å². The number of pyridine rings is 2. The average Bonchev–Trinajstić information content (AvgIpc) is 3.60. The summed E-state index contributed by atoms with van der Waals surface area (Å²) in [5.41, 5.74) is 12.5. The van der Waals surface area contributed by atoms with E-state index in [1.54, 1.807) is 36.1 Å². The van der Waals surface area contributed by atoms with Gasteiger partial charge in [-0.15, -0.1) is 0 Å². The van der Waals surface area contributed by atoms with Crippen LogP contribution in [0.15, 0.2) is 53.7 Å². The highest BCUT2D eigenvalue weighted by atomic mass is 32.1. The number of hydrogen-bond donors (Lipinski definition) is 3. The van der Waals surface area contributed by atoms with Gasteiger partial charge < -0.3 is 15.6 Å². The molecule has 0 atom stereocenters. The number of H-pyrrole nitrogens is 2. The van der Waals surface area contributed by atoms with Gasteiger partial charge >= 0.3 is 0 Å². The summed E-state index contributed by atoms with van der Waals surface area (Å²) in [5, 5.41) is 12.6. The summed E-state index contributed by atoms with van der Waals surface area (Å²) in [5.74, 6) is 1.45. The number of rotatable bonds is 4. The molecule has 1 saturated heterocycles. The van der Waals surface area contributed by atoms with Crippen LogP contribution in [0.3, 0.4) is 0 Å². The maximum absolute atomic E-state index is 5.92. The maximum atomic E-state index is 5.92. The van der Waals surface area contributed by atoms with E-state index in [1.165, 1.54) is 0 Å². The van der Waals surface area contributed by atoms with Gasteiger partial charge in [0.15, 0.2) is 11.5 Å². The maximum Gasteiger partial charge on any atom is 0.160 e. The number of nitrogens with two attached hydrogens (primary N) is 1. The van der Waals surface area contributed by atoms with Crippen LogP contribution in [0.4, 0.5) is 5.82 Å². The molecule has 4 N–H and O–H groups in total. The minimum absolute atomic E-state index is 0.187. The van der Waals surface area contributed by atoms with Gasteiger partial charge in [-0.25, -0.2) is 15.0 Å². The Morgan fingerprint density at radius 3 is 2.85 bits per heavy atom. The fraction of sp³-hybridized carbons (Fsp3) is 0.130. The summed E-state index contributed by atoms with van der Waals surface area (Å²) in [6.45, 7) is 1.56. The van der Waals surface area contributed by atoms with E-state index in [0.29, 0.717) is 22.9 Å². The number of nitrogens with zero attached hydrogens (tertiary/aromatic N) is 7. The molecule has 11 heteroatoms. The molecule has 1 aliphatic heterocycles. The van der Waals surface area contributed by atoms with Crippen molar-refractivity contribution in [1.29, 1.82) is 0 Å². The third-order valence-corrected chi connectivity index (χ3v) is 6.69. The first kappa shape index (κ1) is 19.3. The van der Waals surface area contributed by atoms with Crippen LogP contribution in [0, 0.1) is 0 Å². The zero-order chi connectivity index (χ0) is 22.6. The largest absolute Gasteiger partial charge is 0.352 e. The van der Waals surface area contributed by atoms with Gasteiger partial charge in [-0.1, -0.05) is 0 Å². The lowest BCUT2D eigenvalue weighted by molar-refractivity contribution is 0.514. The second-order valence-corrected chi connectivity index (χ2v) is 9.05. The fourth-order valence-electron chi connectivity index (χ4n) is 4.24. The molecule has 0 unspecified atom stereocenters. The summed E-state index contributed by atoms with van der Waals surface area (Å²) in [6.07, 6.45) is 7.02. The Morgan fingerprint density at radius 2 is 2.00 bits per heavy atom. The van der Waals surface area contributed by atoms with Crippen molar-refractivity contribution in [3.05, 3.63) is 53.7 Å². The number of anilines is 1. The van der Waals surface area contributed by atoms with Crippen LogP contribution >= 0.6 is 11.3 Å². The molecule has 166 valence electrons. The lowest BCUT2D eigenvalue weighted by atomic mass is 10.1. The third kappa shape index (κ3) is 3.05. The average molecular weight is 467 g/mol. The monoisotopic (exact) mass is 466 g/mol. The molecule has 6 aromatic heterocycles. The van der Waals surface area contributed by atoms with Crippen molar-refractivity contribution in [2.24, 2.45) is 5.73 Å². The Kier molecular flexibility index (Phi) is 4.19. The molecular formula is C23H18N10S. The highest BCUT2D eigenvalue weighted by Crippen LogP contribution is 2.32. The van der Waals surface area contributed by atoms with E-state index in [4.69, 9.17) is 15.7 Å². The molecule has 0 radical (unpaired) electrons. The Balaban J connectivity index is 1.31. The topological polar surface area (TPSA) is 138 Å². The Hall–Kier alpha value is -4.22. The first-order chi connectivity index (χ1) is 16.7. The second-order valence-electron chi connectivity index (χ2n) is 8.27. The molecule has 1 aliphatic rings. The van der Waals surface area contributed by atoms with Crippen molar-refractivity contribution in [3.63, 3.8) is 0 Å². The molecule has 0 aliphatic carbocycles. The number of fused-ring (bicyclic) bond motifs is 2. The van der Waals surface area contributed by atoms with E-state index in [-0.39, 0.29) is 6.04 Å². The lowest BCUT2D eigenvalue weighted by Gasteiger charge is -2.37. The van der Waals surface area contributed by atoms with Crippen LogP contribution in [0.25, 0.3) is 56.1 Å². The van der Waals surface area contributed by atoms with Gasteiger partial charge in [0.1, 0.15) is 22.7 Å². The Labute approximate surface area is 196 Å². The van der Waals surface area contributed by atoms with Crippen molar-refractivity contribution in [2.45, 2.75) is 6.04 Å². The van der Waals surface area contributed by atoms with E-state index >= 15 is 0 Å². The first-order valence-electron chi connectivity index (χ1n) is 10.8. The summed E-state index contributed by atoms with van der Waals surface area (Å²) < 4.78 is 0. The van der Waals surface area contributed by atoms with Gasteiger partial charge in [-0.2, -0.15) is 16.4 Å². The molecular weight excluding hydrogens is 448 g/mol. The Bertz CT molecular complexity index is 1650. The molecule has 7 heterocycles. The quantitative estimate of drug-likeness (QED) is 0.360. The van der Waals surface area contributed by atoms with Gasteiger partial charge in [-0.3, -0.25) is 15.1 Å². The minimum atomic E-state index is 0.187. The van der Waals surface area contributed by atoms with Crippen LogP contribution in [-0.2, 0) is 0 Å². The lowest BCUT2D eigenvalue weighted by Crippen LogP contribution is -2.56. The molecule has 0 bridgehead atoms. The van der Waals surface area contributed by atoms with Crippen LogP contribution < -0.4 is 10.6 Å². The number of imidazole rings is 1. The van der Waals surface area contributed by atoms with Crippen LogP contribution in [0.5, 0.6) is 0 Å². The number of aromatic amines is 2. The predicted molar refractivity (Wildman–Crippen MR) is 131 cm³/mol. The van der Waals surface area contributed by atoms with Gasteiger partial charge in [0.25, 0.3) is 0 Å². The van der Waals surface area contributed by atoms with E-state index in [0.717, 1.165) is 52.1 Å². The van der Waals surface area contributed by atoms with Crippen molar-refractivity contribution in [1.82, 2.24) is 40.1 Å². The first-order valence-corrected chi connectivity index (χ1v) is 11.7. The molecule has 34 heavy (non-hydrogen) atoms. The minimum Gasteiger partial charge on any atom is -0.352 e. The van der Waals surface area contributed by atoms with E-state index in [2.05, 4.69) is 51.9 Å². The smallest absolute Gasteiger partial charge is 0.160 e. The SMILES string of the molecule is NC1CN(c2cncc(-c3cc4c(-c5nc6c(-c7ccsc7)ccnc6[nH]5)n[nH]c4cn3)n2)C1. The van der Waals surface area contributed by atoms with Gasteiger partial charge in [0, 0.05) is 36.3 Å². The molecule has 7 rings (SSSR count). The number of hydrogen-bond acceptors (Lipinski definition) is 9. The zero-order valence-electron chi connectivity index (χ0n) is 17.8. The summed E-state index contributed by atoms with van der Waals surface area (Å²) in [6, 6.07) is 6.21. The summed E-state index contributed by atoms with van der Waals surface area (Å²) in [4.78, 5) is 28.5.